The summed E-state index contributed by atoms with van der Waals surface area (Å²) in [5.74, 6) is -0.103. The lowest BCUT2D eigenvalue weighted by Gasteiger charge is -2.34. The van der Waals surface area contributed by atoms with Gasteiger partial charge in [-0.25, -0.2) is 0 Å². The maximum Gasteiger partial charge on any atom is 0.286 e. The summed E-state index contributed by atoms with van der Waals surface area (Å²) in [4.78, 5) is 19.4. The van der Waals surface area contributed by atoms with E-state index in [1.54, 1.807) is 0 Å². The van der Waals surface area contributed by atoms with E-state index in [0.717, 1.165) is 22.2 Å². The molecule has 1 aromatic rings. The molecule has 0 unspecified atom stereocenters. The molecule has 2 heterocycles. The van der Waals surface area contributed by atoms with Crippen molar-refractivity contribution < 1.29 is 4.79 Å². The van der Waals surface area contributed by atoms with Crippen molar-refractivity contribution in [2.24, 2.45) is 4.99 Å². The quantitative estimate of drug-likeness (QED) is 0.739. The highest BCUT2D eigenvalue weighted by Crippen LogP contribution is 2.32. The minimum Gasteiger partial charge on any atom is -0.348 e. The highest BCUT2D eigenvalue weighted by molar-refractivity contribution is 8.18. The van der Waals surface area contributed by atoms with Gasteiger partial charge in [0.1, 0.15) is 0 Å². The van der Waals surface area contributed by atoms with Gasteiger partial charge in [0.2, 0.25) is 0 Å². The number of aryl methyl sites for hydroxylation is 1. The third-order valence-corrected chi connectivity index (χ3v) is 5.05. The fourth-order valence-corrected chi connectivity index (χ4v) is 3.76. The number of likely N-dealkylation sites (tertiary alicyclic amines) is 1. The Hall–Kier alpha value is -1.55. The van der Waals surface area contributed by atoms with E-state index in [1.165, 1.54) is 36.6 Å². The fraction of sp³-hybridized carbons (Fsp3) is 0.412. The van der Waals surface area contributed by atoms with E-state index in [4.69, 9.17) is 0 Å². The topological polar surface area (TPSA) is 32.7 Å². The predicted octanol–water partition coefficient (Wildman–Crippen LogP) is 3.84. The van der Waals surface area contributed by atoms with Crippen LogP contribution >= 0.6 is 11.8 Å². The molecule has 1 aromatic carbocycles. The van der Waals surface area contributed by atoms with Crippen molar-refractivity contribution in [3.05, 3.63) is 40.3 Å². The van der Waals surface area contributed by atoms with Crippen LogP contribution in [0.3, 0.4) is 0 Å². The SMILES string of the molecule is Cc1ccc(/C=C2\SC(N3CCCC[C@@H]3C)=NC2=O)cc1. The Morgan fingerprint density at radius 1 is 1.29 bits per heavy atom. The molecule has 0 saturated carbocycles. The Balaban J connectivity index is 1.76. The van der Waals surface area contributed by atoms with Gasteiger partial charge in [0.15, 0.2) is 5.17 Å². The Bertz CT molecular complexity index is 604. The highest BCUT2D eigenvalue weighted by Gasteiger charge is 2.29. The van der Waals surface area contributed by atoms with E-state index in [9.17, 15) is 4.79 Å². The molecule has 1 fully saturated rings. The molecular formula is C17H20N2OS. The Morgan fingerprint density at radius 3 is 2.76 bits per heavy atom. The molecule has 0 bridgehead atoms. The summed E-state index contributed by atoms with van der Waals surface area (Å²) in [5.41, 5.74) is 2.28. The van der Waals surface area contributed by atoms with E-state index in [-0.39, 0.29) is 5.91 Å². The van der Waals surface area contributed by atoms with Crippen molar-refractivity contribution in [3.8, 4) is 0 Å². The highest BCUT2D eigenvalue weighted by atomic mass is 32.2. The van der Waals surface area contributed by atoms with Gasteiger partial charge in [-0.2, -0.15) is 4.99 Å². The molecule has 110 valence electrons. The number of carbonyl (C=O) groups is 1. The minimum absolute atomic E-state index is 0.103. The molecule has 0 spiro atoms. The van der Waals surface area contributed by atoms with Crippen LogP contribution in [0.15, 0.2) is 34.2 Å². The van der Waals surface area contributed by atoms with Crippen molar-refractivity contribution in [3.63, 3.8) is 0 Å². The van der Waals surface area contributed by atoms with Gasteiger partial charge < -0.3 is 4.90 Å². The van der Waals surface area contributed by atoms with E-state index in [1.807, 2.05) is 18.2 Å². The average Bonchev–Trinajstić information content (AvgIpc) is 2.83. The second kappa shape index (κ2) is 6.06. The van der Waals surface area contributed by atoms with Crippen LogP contribution in [0.5, 0.6) is 0 Å². The van der Waals surface area contributed by atoms with Gasteiger partial charge in [0, 0.05) is 12.6 Å². The normalized spacial score (nSPS) is 24.6. The molecule has 2 aliphatic rings. The first-order chi connectivity index (χ1) is 10.1. The van der Waals surface area contributed by atoms with Crippen LogP contribution in [-0.2, 0) is 4.79 Å². The van der Waals surface area contributed by atoms with Crippen LogP contribution in [0.2, 0.25) is 0 Å². The number of amides is 1. The zero-order valence-electron chi connectivity index (χ0n) is 12.5. The van der Waals surface area contributed by atoms with Gasteiger partial charge >= 0.3 is 0 Å². The molecule has 3 rings (SSSR count). The molecule has 0 radical (unpaired) electrons. The van der Waals surface area contributed by atoms with Crippen LogP contribution in [-0.4, -0.2) is 28.6 Å². The largest absolute Gasteiger partial charge is 0.348 e. The summed E-state index contributed by atoms with van der Waals surface area (Å²) in [5, 5.41) is 0.880. The Kier molecular flexibility index (Phi) is 4.15. The predicted molar refractivity (Wildman–Crippen MR) is 89.2 cm³/mol. The summed E-state index contributed by atoms with van der Waals surface area (Å²) >= 11 is 1.52. The van der Waals surface area contributed by atoms with E-state index in [2.05, 4.69) is 35.9 Å². The van der Waals surface area contributed by atoms with Crippen molar-refractivity contribution in [1.82, 2.24) is 4.90 Å². The summed E-state index contributed by atoms with van der Waals surface area (Å²) in [6, 6.07) is 8.68. The monoisotopic (exact) mass is 300 g/mol. The summed E-state index contributed by atoms with van der Waals surface area (Å²) in [7, 11) is 0. The molecular weight excluding hydrogens is 280 g/mol. The van der Waals surface area contributed by atoms with Crippen LogP contribution in [0.4, 0.5) is 0 Å². The number of piperidine rings is 1. The first kappa shape index (κ1) is 14.4. The number of aliphatic imine (C=N–C) groups is 1. The lowest BCUT2D eigenvalue weighted by molar-refractivity contribution is -0.113. The molecule has 0 aromatic heterocycles. The first-order valence-corrected chi connectivity index (χ1v) is 8.31. The van der Waals surface area contributed by atoms with Gasteiger partial charge in [-0.1, -0.05) is 29.8 Å². The van der Waals surface area contributed by atoms with E-state index >= 15 is 0 Å². The number of amidine groups is 1. The summed E-state index contributed by atoms with van der Waals surface area (Å²) in [6.07, 6.45) is 5.59. The van der Waals surface area contributed by atoms with E-state index < -0.39 is 0 Å². The zero-order valence-corrected chi connectivity index (χ0v) is 13.3. The molecule has 1 saturated heterocycles. The van der Waals surface area contributed by atoms with Gasteiger partial charge in [-0.05, 0) is 56.5 Å². The molecule has 3 nitrogen and oxygen atoms in total. The maximum absolute atomic E-state index is 12.1. The third-order valence-electron chi connectivity index (χ3n) is 4.03. The van der Waals surface area contributed by atoms with Gasteiger partial charge in [0.05, 0.1) is 4.91 Å². The summed E-state index contributed by atoms with van der Waals surface area (Å²) < 4.78 is 0. The smallest absolute Gasteiger partial charge is 0.286 e. The molecule has 0 aliphatic carbocycles. The Labute approximate surface area is 130 Å². The first-order valence-electron chi connectivity index (χ1n) is 7.49. The zero-order chi connectivity index (χ0) is 14.8. The van der Waals surface area contributed by atoms with Crippen molar-refractivity contribution in [2.45, 2.75) is 39.2 Å². The van der Waals surface area contributed by atoms with E-state index in [0.29, 0.717) is 6.04 Å². The number of nitrogens with zero attached hydrogens (tertiary/aromatic N) is 2. The van der Waals surface area contributed by atoms with Crippen LogP contribution in [0.25, 0.3) is 6.08 Å². The number of benzene rings is 1. The number of carbonyl (C=O) groups excluding carboxylic acids is 1. The lowest BCUT2D eigenvalue weighted by Crippen LogP contribution is -2.40. The molecule has 21 heavy (non-hydrogen) atoms. The molecule has 2 aliphatic heterocycles. The van der Waals surface area contributed by atoms with Gasteiger partial charge in [0.25, 0.3) is 5.91 Å². The minimum atomic E-state index is -0.103. The third kappa shape index (κ3) is 3.21. The van der Waals surface area contributed by atoms with Crippen LogP contribution < -0.4 is 0 Å². The van der Waals surface area contributed by atoms with Crippen molar-refractivity contribution in [2.75, 3.05) is 6.54 Å². The number of rotatable bonds is 1. The number of hydrogen-bond donors (Lipinski definition) is 0. The molecule has 4 heteroatoms. The average molecular weight is 300 g/mol. The molecule has 0 N–H and O–H groups in total. The van der Waals surface area contributed by atoms with Gasteiger partial charge in [-0.15, -0.1) is 0 Å². The van der Waals surface area contributed by atoms with Crippen LogP contribution in [0, 0.1) is 6.92 Å². The fourth-order valence-electron chi connectivity index (χ4n) is 2.72. The van der Waals surface area contributed by atoms with Crippen LogP contribution in [0.1, 0.15) is 37.3 Å². The van der Waals surface area contributed by atoms with Gasteiger partial charge in [-0.3, -0.25) is 4.79 Å². The second-order valence-electron chi connectivity index (χ2n) is 5.76. The maximum atomic E-state index is 12.1. The standard InChI is InChI=1S/C17H20N2OS/c1-12-6-8-14(9-7-12)11-15-16(20)18-17(21-15)19-10-4-3-5-13(19)2/h6-9,11,13H,3-5,10H2,1-2H3/b15-11-/t13-/m0/s1. The molecule has 1 amide bonds. The Morgan fingerprint density at radius 2 is 2.05 bits per heavy atom. The number of thioether (sulfide) groups is 1. The van der Waals surface area contributed by atoms with Crippen molar-refractivity contribution in [1.29, 1.82) is 0 Å². The molecule has 1 atom stereocenters. The van der Waals surface area contributed by atoms with Crippen molar-refractivity contribution >= 4 is 28.9 Å². The second-order valence-corrected chi connectivity index (χ2v) is 6.77. The number of hydrogen-bond acceptors (Lipinski definition) is 3. The summed E-state index contributed by atoms with van der Waals surface area (Å²) in [6.45, 7) is 5.29. The lowest BCUT2D eigenvalue weighted by atomic mass is 10.1.